The van der Waals surface area contributed by atoms with E-state index in [1.54, 1.807) is 16.9 Å². The van der Waals surface area contributed by atoms with Gasteiger partial charge >= 0.3 is 6.09 Å². The first-order chi connectivity index (χ1) is 19.7. The molecule has 212 valence electrons. The summed E-state index contributed by atoms with van der Waals surface area (Å²) in [5.41, 5.74) is 2.79. The number of furan rings is 1. The molecule has 11 nitrogen and oxygen atoms in total. The molecule has 0 aliphatic heterocycles. The van der Waals surface area contributed by atoms with Crippen LogP contribution in [0.5, 0.6) is 0 Å². The molecule has 5 rings (SSSR count). The quantitative estimate of drug-likeness (QED) is 0.222. The van der Waals surface area contributed by atoms with Gasteiger partial charge in [-0.3, -0.25) is 9.48 Å². The maximum Gasteiger partial charge on any atom is 0.407 e. The Hall–Kier alpha value is -4.68. The van der Waals surface area contributed by atoms with Gasteiger partial charge in [0.2, 0.25) is 15.9 Å². The molecule has 0 aliphatic carbocycles. The van der Waals surface area contributed by atoms with E-state index in [0.29, 0.717) is 23.6 Å². The van der Waals surface area contributed by atoms with Crippen molar-refractivity contribution in [2.24, 2.45) is 0 Å². The second-order valence-electron chi connectivity index (χ2n) is 9.59. The number of fused-ring (bicyclic) bond motifs is 3. The summed E-state index contributed by atoms with van der Waals surface area (Å²) in [7, 11) is -3.82. The van der Waals surface area contributed by atoms with Gasteiger partial charge in [-0.05, 0) is 55.0 Å². The van der Waals surface area contributed by atoms with E-state index in [2.05, 4.69) is 20.5 Å². The van der Waals surface area contributed by atoms with Crippen molar-refractivity contribution in [3.05, 3.63) is 90.3 Å². The Balaban J connectivity index is 1.26. The van der Waals surface area contributed by atoms with E-state index >= 15 is 0 Å². The molecule has 0 saturated heterocycles. The third-order valence-corrected chi connectivity index (χ3v) is 7.71. The summed E-state index contributed by atoms with van der Waals surface area (Å²) in [6.07, 6.45) is 1.21. The van der Waals surface area contributed by atoms with E-state index in [1.165, 1.54) is 31.2 Å². The van der Waals surface area contributed by atoms with Gasteiger partial charge in [0.15, 0.2) is 0 Å². The maximum absolute atomic E-state index is 12.8. The molecule has 0 spiro atoms. The van der Waals surface area contributed by atoms with Gasteiger partial charge in [-0.2, -0.15) is 5.10 Å². The molecule has 1 atom stereocenters. The molecule has 3 aromatic carbocycles. The van der Waals surface area contributed by atoms with Gasteiger partial charge in [0.05, 0.1) is 29.7 Å². The van der Waals surface area contributed by atoms with Crippen LogP contribution in [0.3, 0.4) is 0 Å². The topological polar surface area (TPSA) is 145 Å². The first kappa shape index (κ1) is 27.9. The van der Waals surface area contributed by atoms with Crippen molar-refractivity contribution in [3.63, 3.8) is 0 Å². The minimum atomic E-state index is -3.82. The van der Waals surface area contributed by atoms with E-state index in [9.17, 15) is 18.0 Å². The van der Waals surface area contributed by atoms with Gasteiger partial charge in [0.1, 0.15) is 18.0 Å². The smallest absolute Gasteiger partial charge is 0.407 e. The number of carbonyl (C=O) groups is 2. The van der Waals surface area contributed by atoms with Crippen molar-refractivity contribution in [1.29, 1.82) is 0 Å². The molecule has 0 saturated carbocycles. The number of carbonyl (C=O) groups excluding carboxylic acids is 2. The lowest BCUT2D eigenvalue weighted by Crippen LogP contribution is -2.36. The van der Waals surface area contributed by atoms with Gasteiger partial charge in [-0.15, -0.1) is 0 Å². The zero-order valence-corrected chi connectivity index (χ0v) is 23.3. The van der Waals surface area contributed by atoms with Gasteiger partial charge < -0.3 is 19.8 Å². The van der Waals surface area contributed by atoms with Crippen LogP contribution in [-0.2, 0) is 39.3 Å². The van der Waals surface area contributed by atoms with E-state index in [0.717, 1.165) is 21.9 Å². The van der Waals surface area contributed by atoms with Gasteiger partial charge in [0.25, 0.3) is 0 Å². The third-order valence-electron chi connectivity index (χ3n) is 6.29. The molecule has 2 amide bonds. The molecule has 2 heterocycles. The second-order valence-corrected chi connectivity index (χ2v) is 11.4. The summed E-state index contributed by atoms with van der Waals surface area (Å²) in [5.74, 6) is 0.181. The van der Waals surface area contributed by atoms with Crippen LogP contribution < -0.4 is 15.4 Å². The summed E-state index contributed by atoms with van der Waals surface area (Å²) in [6, 6.07) is 20.5. The first-order valence-corrected chi connectivity index (χ1v) is 14.4. The maximum atomic E-state index is 12.8. The Morgan fingerprint density at radius 1 is 1.05 bits per heavy atom. The zero-order chi connectivity index (χ0) is 29.0. The molecule has 41 heavy (non-hydrogen) atoms. The molecule has 0 unspecified atom stereocenters. The van der Waals surface area contributed by atoms with E-state index in [4.69, 9.17) is 9.15 Å². The van der Waals surface area contributed by atoms with E-state index < -0.39 is 16.1 Å². The fraction of sp³-hybridized carbons (Fsp3) is 0.207. The van der Waals surface area contributed by atoms with Crippen LogP contribution in [0.1, 0.15) is 25.2 Å². The number of benzene rings is 3. The van der Waals surface area contributed by atoms with Crippen LogP contribution in [0, 0.1) is 0 Å². The molecule has 0 radical (unpaired) electrons. The Morgan fingerprint density at radius 3 is 2.54 bits per heavy atom. The number of amides is 2. The van der Waals surface area contributed by atoms with Crippen LogP contribution >= 0.6 is 0 Å². The number of alkyl carbamates (subject to hydrolysis) is 1. The predicted octanol–water partition coefficient (Wildman–Crippen LogP) is 4.53. The highest BCUT2D eigenvalue weighted by Gasteiger charge is 2.18. The number of rotatable bonds is 10. The van der Waals surface area contributed by atoms with Gasteiger partial charge in [-0.25, -0.2) is 17.9 Å². The monoisotopic (exact) mass is 575 g/mol. The fourth-order valence-corrected chi connectivity index (χ4v) is 5.41. The second kappa shape index (κ2) is 11.8. The Morgan fingerprint density at radius 2 is 1.80 bits per heavy atom. The van der Waals surface area contributed by atoms with Crippen molar-refractivity contribution in [2.75, 3.05) is 5.32 Å². The summed E-state index contributed by atoms with van der Waals surface area (Å²) in [5, 5.41) is 11.6. The Kier molecular flexibility index (Phi) is 8.04. The average Bonchev–Trinajstić information content (AvgIpc) is 3.55. The molecule has 0 aliphatic rings. The lowest BCUT2D eigenvalue weighted by atomic mass is 10.2. The highest BCUT2D eigenvalue weighted by atomic mass is 32.2. The molecular formula is C29H29N5O6S. The predicted molar refractivity (Wildman–Crippen MR) is 154 cm³/mol. The highest BCUT2D eigenvalue weighted by Crippen LogP contribution is 2.29. The number of hydrogen-bond donors (Lipinski definition) is 3. The summed E-state index contributed by atoms with van der Waals surface area (Å²) >= 11 is 0. The number of anilines is 1. The summed E-state index contributed by atoms with van der Waals surface area (Å²) < 4.78 is 41.2. The molecule has 0 bridgehead atoms. The van der Waals surface area contributed by atoms with Crippen molar-refractivity contribution < 1.29 is 27.2 Å². The van der Waals surface area contributed by atoms with Crippen molar-refractivity contribution in [2.45, 2.75) is 44.5 Å². The molecule has 0 fully saturated rings. The number of hydrogen-bond acceptors (Lipinski definition) is 7. The SMILES string of the molecule is CC(=O)Nc1ccc(S(=O)(=O)NCc2cc3c(ccc4cnn(C[C@H](C)NC(=O)OCc5ccccc5)c43)o2)cc1. The number of sulfonamides is 1. The molecule has 5 aromatic rings. The lowest BCUT2D eigenvalue weighted by Gasteiger charge is -2.15. The Labute approximate surface area is 236 Å². The van der Waals surface area contributed by atoms with Gasteiger partial charge in [0, 0.05) is 29.4 Å². The zero-order valence-electron chi connectivity index (χ0n) is 22.5. The van der Waals surface area contributed by atoms with Crippen LogP contribution in [0.25, 0.3) is 21.9 Å². The van der Waals surface area contributed by atoms with Crippen molar-refractivity contribution >= 4 is 49.6 Å². The number of nitrogens with zero attached hydrogens (tertiary/aromatic N) is 2. The van der Waals surface area contributed by atoms with Crippen LogP contribution in [0.15, 0.2) is 88.3 Å². The minimum absolute atomic E-state index is 0.0620. The van der Waals surface area contributed by atoms with Gasteiger partial charge in [-0.1, -0.05) is 30.3 Å². The van der Waals surface area contributed by atoms with E-state index in [1.807, 2.05) is 49.4 Å². The minimum Gasteiger partial charge on any atom is -0.460 e. The largest absolute Gasteiger partial charge is 0.460 e. The van der Waals surface area contributed by atoms with Crippen molar-refractivity contribution in [3.8, 4) is 0 Å². The molecule has 12 heteroatoms. The molecule has 2 aromatic heterocycles. The highest BCUT2D eigenvalue weighted by molar-refractivity contribution is 7.89. The molecule has 3 N–H and O–H groups in total. The summed E-state index contributed by atoms with van der Waals surface area (Å²) in [4.78, 5) is 23.6. The van der Waals surface area contributed by atoms with Crippen LogP contribution in [0.4, 0.5) is 10.5 Å². The average molecular weight is 576 g/mol. The molecular weight excluding hydrogens is 546 g/mol. The third kappa shape index (κ3) is 6.73. The van der Waals surface area contributed by atoms with Crippen molar-refractivity contribution in [1.82, 2.24) is 19.8 Å². The standard InChI is InChI=1S/C29H29N5O6S/c1-19(32-29(36)39-18-21-6-4-3-5-7-21)17-34-28-22(15-30-34)8-13-27-26(28)14-24(40-27)16-31-41(37,38)25-11-9-23(10-12-25)33-20(2)35/h3-15,19,31H,16-18H2,1-2H3,(H,32,36)(H,33,35)/t19-/m0/s1. The number of ether oxygens (including phenoxy) is 1. The van der Waals surface area contributed by atoms with E-state index in [-0.39, 0.29) is 30.0 Å². The first-order valence-electron chi connectivity index (χ1n) is 12.9. The van der Waals surface area contributed by atoms with Crippen LogP contribution in [0.2, 0.25) is 0 Å². The Bertz CT molecular complexity index is 1800. The number of nitrogens with one attached hydrogen (secondary N) is 3. The summed E-state index contributed by atoms with van der Waals surface area (Å²) in [6.45, 7) is 3.72. The lowest BCUT2D eigenvalue weighted by molar-refractivity contribution is -0.114. The fourth-order valence-electron chi connectivity index (χ4n) is 4.42. The normalized spacial score (nSPS) is 12.3. The number of aromatic nitrogens is 2. The van der Waals surface area contributed by atoms with Crippen LogP contribution in [-0.4, -0.2) is 36.2 Å².